The SMILES string of the molecule is CN(CCN)Cc1scnc1C1CCC2(CC1)CC(C)(C)CO2. The maximum absolute atomic E-state index is 6.25. The second-order valence-corrected chi connectivity index (χ2v) is 9.21. The van der Waals surface area contributed by atoms with Crippen LogP contribution in [0.4, 0.5) is 0 Å². The number of ether oxygens (including phenoxy) is 1. The number of hydrogen-bond acceptors (Lipinski definition) is 5. The Morgan fingerprint density at radius 1 is 1.39 bits per heavy atom. The molecule has 0 bridgehead atoms. The van der Waals surface area contributed by atoms with Gasteiger partial charge in [0.1, 0.15) is 0 Å². The molecule has 1 spiro atoms. The van der Waals surface area contributed by atoms with Crippen molar-refractivity contribution < 1.29 is 4.74 Å². The molecule has 23 heavy (non-hydrogen) atoms. The molecule has 2 N–H and O–H groups in total. The first kappa shape index (κ1) is 17.3. The third-order valence-electron chi connectivity index (χ3n) is 5.45. The molecule has 0 unspecified atom stereocenters. The van der Waals surface area contributed by atoms with Gasteiger partial charge in [-0.25, -0.2) is 4.98 Å². The van der Waals surface area contributed by atoms with Crippen LogP contribution < -0.4 is 5.73 Å². The Labute approximate surface area is 144 Å². The topological polar surface area (TPSA) is 51.4 Å². The molecule has 1 saturated carbocycles. The van der Waals surface area contributed by atoms with Crippen LogP contribution in [0.15, 0.2) is 5.51 Å². The number of nitrogens with two attached hydrogens (primary N) is 1. The maximum atomic E-state index is 6.25. The highest BCUT2D eigenvalue weighted by molar-refractivity contribution is 7.09. The Kier molecular flexibility index (Phi) is 5.12. The number of likely N-dealkylation sites (N-methyl/N-ethyl adjacent to an activating group) is 1. The second kappa shape index (κ2) is 6.79. The third-order valence-corrected chi connectivity index (χ3v) is 6.28. The zero-order valence-corrected chi connectivity index (χ0v) is 15.6. The van der Waals surface area contributed by atoms with Gasteiger partial charge in [0.25, 0.3) is 0 Å². The third kappa shape index (κ3) is 3.95. The van der Waals surface area contributed by atoms with Crippen molar-refractivity contribution in [1.82, 2.24) is 9.88 Å². The largest absolute Gasteiger partial charge is 0.374 e. The van der Waals surface area contributed by atoms with Crippen LogP contribution in [0, 0.1) is 5.41 Å². The van der Waals surface area contributed by atoms with E-state index < -0.39 is 0 Å². The molecule has 1 aromatic heterocycles. The van der Waals surface area contributed by atoms with Crippen LogP contribution in [0.25, 0.3) is 0 Å². The average molecular weight is 338 g/mol. The van der Waals surface area contributed by atoms with Gasteiger partial charge in [-0.05, 0) is 44.6 Å². The quantitative estimate of drug-likeness (QED) is 0.895. The van der Waals surface area contributed by atoms with Crippen molar-refractivity contribution in [3.8, 4) is 0 Å². The van der Waals surface area contributed by atoms with Gasteiger partial charge < -0.3 is 10.5 Å². The van der Waals surface area contributed by atoms with Crippen LogP contribution in [-0.4, -0.2) is 42.2 Å². The Morgan fingerprint density at radius 2 is 2.13 bits per heavy atom. The summed E-state index contributed by atoms with van der Waals surface area (Å²) in [6.45, 7) is 8.21. The molecule has 2 fully saturated rings. The molecule has 130 valence electrons. The molecule has 2 aliphatic rings. The molecule has 1 aliphatic carbocycles. The van der Waals surface area contributed by atoms with Crippen LogP contribution in [0.2, 0.25) is 0 Å². The first-order valence-electron chi connectivity index (χ1n) is 8.88. The summed E-state index contributed by atoms with van der Waals surface area (Å²) in [5.41, 5.74) is 9.52. The van der Waals surface area contributed by atoms with E-state index in [4.69, 9.17) is 15.5 Å². The van der Waals surface area contributed by atoms with Gasteiger partial charge in [-0.1, -0.05) is 13.8 Å². The lowest BCUT2D eigenvalue weighted by molar-refractivity contribution is -0.0296. The normalized spacial score (nSPS) is 30.4. The summed E-state index contributed by atoms with van der Waals surface area (Å²) in [6, 6.07) is 0. The van der Waals surface area contributed by atoms with E-state index in [0.717, 1.165) is 19.7 Å². The van der Waals surface area contributed by atoms with Gasteiger partial charge in [-0.2, -0.15) is 0 Å². The average Bonchev–Trinajstić information content (AvgIpc) is 3.05. The van der Waals surface area contributed by atoms with Crippen LogP contribution in [0.5, 0.6) is 0 Å². The predicted molar refractivity (Wildman–Crippen MR) is 95.8 cm³/mol. The summed E-state index contributed by atoms with van der Waals surface area (Å²) in [5.74, 6) is 0.612. The molecule has 4 nitrogen and oxygen atoms in total. The molecule has 0 radical (unpaired) electrons. The van der Waals surface area contributed by atoms with E-state index in [1.54, 1.807) is 11.3 Å². The molecule has 1 saturated heterocycles. The standard InChI is InChI=1S/C18H31N3OS/c1-17(2)11-18(22-12-17)6-4-14(5-7-18)16-15(23-13-20-16)10-21(3)9-8-19/h13-14H,4-12,19H2,1-3H3. The molecule has 2 heterocycles. The molecule has 0 atom stereocenters. The summed E-state index contributed by atoms with van der Waals surface area (Å²) >= 11 is 1.80. The zero-order valence-electron chi connectivity index (χ0n) is 14.8. The van der Waals surface area contributed by atoms with Crippen molar-refractivity contribution in [3.05, 3.63) is 16.1 Å². The Hall–Kier alpha value is -0.490. The number of aromatic nitrogens is 1. The number of rotatable bonds is 5. The molecule has 5 heteroatoms. The summed E-state index contributed by atoms with van der Waals surface area (Å²) in [7, 11) is 2.14. The molecular formula is C18H31N3OS. The Balaban J connectivity index is 1.61. The highest BCUT2D eigenvalue weighted by Crippen LogP contribution is 2.50. The Bertz CT molecular complexity index is 520. The van der Waals surface area contributed by atoms with E-state index >= 15 is 0 Å². The van der Waals surface area contributed by atoms with Gasteiger partial charge in [-0.3, -0.25) is 4.90 Å². The highest BCUT2D eigenvalue weighted by atomic mass is 32.1. The van der Waals surface area contributed by atoms with Crippen molar-refractivity contribution >= 4 is 11.3 Å². The van der Waals surface area contributed by atoms with Gasteiger partial charge in [0.05, 0.1) is 23.4 Å². The van der Waals surface area contributed by atoms with Crippen LogP contribution in [0.1, 0.15) is 62.4 Å². The fraction of sp³-hybridized carbons (Fsp3) is 0.833. The van der Waals surface area contributed by atoms with E-state index in [0.29, 0.717) is 17.9 Å². The minimum atomic E-state index is 0.159. The van der Waals surface area contributed by atoms with Gasteiger partial charge in [0.15, 0.2) is 0 Å². The number of hydrogen-bond donors (Lipinski definition) is 1. The van der Waals surface area contributed by atoms with Gasteiger partial charge in [0, 0.05) is 30.4 Å². The predicted octanol–water partition coefficient (Wildman–Crippen LogP) is 3.38. The summed E-state index contributed by atoms with van der Waals surface area (Å²) < 4.78 is 6.25. The lowest BCUT2D eigenvalue weighted by Crippen LogP contribution is -2.34. The summed E-state index contributed by atoms with van der Waals surface area (Å²) in [4.78, 5) is 8.44. The first-order chi connectivity index (χ1) is 10.9. The van der Waals surface area contributed by atoms with Crippen molar-refractivity contribution in [3.63, 3.8) is 0 Å². The van der Waals surface area contributed by atoms with Gasteiger partial charge in [-0.15, -0.1) is 11.3 Å². The first-order valence-corrected chi connectivity index (χ1v) is 9.76. The minimum absolute atomic E-state index is 0.159. The number of nitrogens with zero attached hydrogens (tertiary/aromatic N) is 2. The molecule has 3 rings (SSSR count). The number of thiazole rings is 1. The minimum Gasteiger partial charge on any atom is -0.374 e. The van der Waals surface area contributed by atoms with E-state index in [2.05, 4.69) is 25.8 Å². The van der Waals surface area contributed by atoms with Crippen molar-refractivity contribution in [1.29, 1.82) is 0 Å². The lowest BCUT2D eigenvalue weighted by Gasteiger charge is -2.37. The zero-order chi connectivity index (χ0) is 16.5. The van der Waals surface area contributed by atoms with E-state index in [-0.39, 0.29) is 5.60 Å². The molecule has 0 amide bonds. The van der Waals surface area contributed by atoms with E-state index in [1.807, 2.05) is 5.51 Å². The highest BCUT2D eigenvalue weighted by Gasteiger charge is 2.46. The van der Waals surface area contributed by atoms with Crippen molar-refractivity contribution in [2.24, 2.45) is 11.1 Å². The Morgan fingerprint density at radius 3 is 2.74 bits per heavy atom. The molecule has 1 aliphatic heterocycles. The van der Waals surface area contributed by atoms with Crippen LogP contribution >= 0.6 is 11.3 Å². The molecular weight excluding hydrogens is 306 g/mol. The fourth-order valence-corrected chi connectivity index (χ4v) is 5.26. The van der Waals surface area contributed by atoms with Crippen molar-refractivity contribution in [2.45, 2.75) is 64.0 Å². The lowest BCUT2D eigenvalue weighted by atomic mass is 9.72. The van der Waals surface area contributed by atoms with Crippen LogP contribution in [-0.2, 0) is 11.3 Å². The fourth-order valence-electron chi connectivity index (χ4n) is 4.34. The maximum Gasteiger partial charge on any atom is 0.0798 e. The van der Waals surface area contributed by atoms with Crippen molar-refractivity contribution in [2.75, 3.05) is 26.7 Å². The summed E-state index contributed by atoms with van der Waals surface area (Å²) in [6.07, 6.45) is 6.03. The molecule has 0 aromatic carbocycles. The van der Waals surface area contributed by atoms with Gasteiger partial charge in [0.2, 0.25) is 0 Å². The van der Waals surface area contributed by atoms with E-state index in [9.17, 15) is 0 Å². The van der Waals surface area contributed by atoms with Crippen LogP contribution in [0.3, 0.4) is 0 Å². The smallest absolute Gasteiger partial charge is 0.0798 e. The summed E-state index contributed by atoms with van der Waals surface area (Å²) in [5, 5.41) is 0. The van der Waals surface area contributed by atoms with E-state index in [1.165, 1.54) is 42.7 Å². The second-order valence-electron chi connectivity index (χ2n) is 8.27. The monoisotopic (exact) mass is 337 g/mol. The molecule has 1 aromatic rings. The van der Waals surface area contributed by atoms with Gasteiger partial charge >= 0.3 is 0 Å².